The third-order valence-corrected chi connectivity index (χ3v) is 2.84. The minimum Gasteiger partial charge on any atom is -0.237 e. The molecule has 0 aromatic carbocycles. The second-order valence-electron chi connectivity index (χ2n) is 2.61. The second kappa shape index (κ2) is 3.89. The first kappa shape index (κ1) is 13.4. The van der Waals surface area contributed by atoms with Crippen molar-refractivity contribution in [3.63, 3.8) is 0 Å². The fraction of sp³-hybridized carbons (Fsp3) is 0.600. The molecule has 84 valence electrons. The normalized spacial score (nSPS) is 13.9. The van der Waals surface area contributed by atoms with Crippen molar-refractivity contribution in [1.29, 1.82) is 0 Å². The lowest BCUT2D eigenvalue weighted by Gasteiger charge is -2.15. The number of hydrogen-bond acceptors (Lipinski definition) is 4. The first-order valence-corrected chi connectivity index (χ1v) is 6.25. The van der Waals surface area contributed by atoms with Crippen LogP contribution in [-0.4, -0.2) is 34.0 Å². The van der Waals surface area contributed by atoms with Gasteiger partial charge in [-0.05, 0) is 0 Å². The standard InChI is InChI=1S/C5H7F3O4S2/c1-2-5(6,3-13(7,9)10)4-14(8,11)12/h2H,1,3-4H2. The van der Waals surface area contributed by atoms with Crippen LogP contribution in [0.4, 0.5) is 12.2 Å². The van der Waals surface area contributed by atoms with Gasteiger partial charge in [-0.25, -0.2) is 4.39 Å². The van der Waals surface area contributed by atoms with Crippen molar-refractivity contribution < 1.29 is 29.0 Å². The van der Waals surface area contributed by atoms with Crippen LogP contribution < -0.4 is 0 Å². The number of halogens is 3. The third-order valence-electron chi connectivity index (χ3n) is 1.19. The molecular weight excluding hydrogens is 245 g/mol. The molecule has 0 aromatic heterocycles. The van der Waals surface area contributed by atoms with E-state index < -0.39 is 37.6 Å². The largest absolute Gasteiger partial charge is 0.305 e. The zero-order valence-corrected chi connectivity index (χ0v) is 8.42. The van der Waals surface area contributed by atoms with Gasteiger partial charge in [0, 0.05) is 0 Å². The fourth-order valence-electron chi connectivity index (χ4n) is 0.733. The molecule has 0 saturated heterocycles. The smallest absolute Gasteiger partial charge is 0.237 e. The summed E-state index contributed by atoms with van der Waals surface area (Å²) in [7, 11) is -10.5. The molecule has 0 aliphatic carbocycles. The Morgan fingerprint density at radius 1 is 1.07 bits per heavy atom. The topological polar surface area (TPSA) is 68.3 Å². The Balaban J connectivity index is 4.93. The van der Waals surface area contributed by atoms with Gasteiger partial charge in [-0.15, -0.1) is 7.77 Å². The van der Waals surface area contributed by atoms with Crippen LogP contribution in [0.3, 0.4) is 0 Å². The molecule has 0 heterocycles. The van der Waals surface area contributed by atoms with Crippen molar-refractivity contribution in [2.24, 2.45) is 0 Å². The lowest BCUT2D eigenvalue weighted by molar-refractivity contribution is 0.287. The monoisotopic (exact) mass is 252 g/mol. The average Bonchev–Trinajstić information content (AvgIpc) is 1.78. The predicted octanol–water partition coefficient (Wildman–Crippen LogP) is 0.479. The van der Waals surface area contributed by atoms with Crippen LogP contribution in [-0.2, 0) is 20.4 Å². The third kappa shape index (κ3) is 5.97. The molecule has 9 heteroatoms. The zero-order valence-electron chi connectivity index (χ0n) is 6.78. The summed E-state index contributed by atoms with van der Waals surface area (Å²) in [6, 6.07) is 0. The van der Waals surface area contributed by atoms with Gasteiger partial charge in [0.05, 0.1) is 0 Å². The van der Waals surface area contributed by atoms with Crippen LogP contribution in [0.1, 0.15) is 0 Å². The molecule has 0 aliphatic heterocycles. The predicted molar refractivity (Wildman–Crippen MR) is 43.8 cm³/mol. The molecule has 0 rings (SSSR count). The molecular formula is C5H7F3O4S2. The minimum atomic E-state index is -5.24. The van der Waals surface area contributed by atoms with Crippen molar-refractivity contribution in [3.05, 3.63) is 12.7 Å². The maximum Gasteiger partial charge on any atom is 0.305 e. The van der Waals surface area contributed by atoms with Gasteiger partial charge in [0.2, 0.25) is 0 Å². The maximum absolute atomic E-state index is 13.2. The highest BCUT2D eigenvalue weighted by Gasteiger charge is 2.37. The highest BCUT2D eigenvalue weighted by Crippen LogP contribution is 2.20. The minimum absolute atomic E-state index is 0.237. The molecule has 0 saturated carbocycles. The second-order valence-corrected chi connectivity index (χ2v) is 5.34. The van der Waals surface area contributed by atoms with E-state index >= 15 is 0 Å². The van der Waals surface area contributed by atoms with E-state index in [9.17, 15) is 29.0 Å². The summed E-state index contributed by atoms with van der Waals surface area (Å²) in [5.41, 5.74) is -3.15. The Labute approximate surface area is 79.8 Å². The number of alkyl halides is 1. The van der Waals surface area contributed by atoms with E-state index in [4.69, 9.17) is 0 Å². The maximum atomic E-state index is 13.2. The van der Waals surface area contributed by atoms with Crippen molar-refractivity contribution in [1.82, 2.24) is 0 Å². The molecule has 0 spiro atoms. The van der Waals surface area contributed by atoms with Crippen molar-refractivity contribution in [2.45, 2.75) is 5.67 Å². The van der Waals surface area contributed by atoms with Gasteiger partial charge in [0.15, 0.2) is 5.67 Å². The molecule has 0 fully saturated rings. The van der Waals surface area contributed by atoms with E-state index in [1.54, 1.807) is 0 Å². The van der Waals surface area contributed by atoms with Crippen LogP contribution in [0.5, 0.6) is 0 Å². The van der Waals surface area contributed by atoms with Gasteiger partial charge in [-0.2, -0.15) is 16.8 Å². The van der Waals surface area contributed by atoms with Gasteiger partial charge >= 0.3 is 20.4 Å². The Hall–Kier alpha value is -0.570. The average molecular weight is 252 g/mol. The quantitative estimate of drug-likeness (QED) is 0.527. The van der Waals surface area contributed by atoms with E-state index in [-0.39, 0.29) is 6.08 Å². The van der Waals surface area contributed by atoms with E-state index in [1.807, 2.05) is 0 Å². The van der Waals surface area contributed by atoms with E-state index in [2.05, 4.69) is 6.58 Å². The van der Waals surface area contributed by atoms with E-state index in [0.717, 1.165) is 0 Å². The lowest BCUT2D eigenvalue weighted by Crippen LogP contribution is -2.35. The highest BCUT2D eigenvalue weighted by atomic mass is 32.3. The van der Waals surface area contributed by atoms with Crippen LogP contribution >= 0.6 is 0 Å². The fourth-order valence-corrected chi connectivity index (χ4v) is 2.45. The van der Waals surface area contributed by atoms with Gasteiger partial charge < -0.3 is 0 Å². The van der Waals surface area contributed by atoms with Crippen molar-refractivity contribution >= 4 is 20.4 Å². The van der Waals surface area contributed by atoms with Crippen molar-refractivity contribution in [3.8, 4) is 0 Å². The van der Waals surface area contributed by atoms with Gasteiger partial charge in [-0.3, -0.25) is 0 Å². The Morgan fingerprint density at radius 2 is 1.36 bits per heavy atom. The van der Waals surface area contributed by atoms with Gasteiger partial charge in [0.25, 0.3) is 0 Å². The van der Waals surface area contributed by atoms with E-state index in [0.29, 0.717) is 0 Å². The number of rotatable bonds is 5. The highest BCUT2D eigenvalue weighted by molar-refractivity contribution is 7.87. The molecule has 0 unspecified atom stereocenters. The molecule has 0 radical (unpaired) electrons. The molecule has 0 aliphatic rings. The van der Waals surface area contributed by atoms with E-state index in [1.165, 1.54) is 0 Å². The SMILES string of the molecule is C=CC(F)(CS(=O)(=O)F)CS(=O)(=O)F. The zero-order chi connectivity index (χ0) is 11.6. The number of allylic oxidation sites excluding steroid dienone is 1. The van der Waals surface area contributed by atoms with Gasteiger partial charge in [-0.1, -0.05) is 12.7 Å². The first-order chi connectivity index (χ1) is 5.97. The Bertz CT molecular complexity index is 376. The van der Waals surface area contributed by atoms with Gasteiger partial charge in [0.1, 0.15) is 11.5 Å². The van der Waals surface area contributed by atoms with Crippen LogP contribution in [0.2, 0.25) is 0 Å². The summed E-state index contributed by atoms with van der Waals surface area (Å²) in [4.78, 5) is 0. The molecule has 0 atom stereocenters. The summed E-state index contributed by atoms with van der Waals surface area (Å²) in [6.45, 7) is 2.76. The lowest BCUT2D eigenvalue weighted by atomic mass is 10.2. The summed E-state index contributed by atoms with van der Waals surface area (Å²) in [5, 5.41) is 0. The molecule has 0 amide bonds. The molecule has 0 bridgehead atoms. The van der Waals surface area contributed by atoms with Crippen LogP contribution in [0, 0.1) is 0 Å². The Morgan fingerprint density at radius 3 is 1.50 bits per heavy atom. The number of hydrogen-bond donors (Lipinski definition) is 0. The van der Waals surface area contributed by atoms with Crippen molar-refractivity contribution in [2.75, 3.05) is 11.5 Å². The summed E-state index contributed by atoms with van der Waals surface area (Å²) < 4.78 is 77.3. The molecule has 0 N–H and O–H groups in total. The summed E-state index contributed by atoms with van der Waals surface area (Å²) >= 11 is 0. The molecule has 14 heavy (non-hydrogen) atoms. The first-order valence-electron chi connectivity index (χ1n) is 3.15. The Kier molecular flexibility index (Phi) is 3.73. The summed E-state index contributed by atoms with van der Waals surface area (Å²) in [6.07, 6.45) is 0.237. The van der Waals surface area contributed by atoms with Crippen LogP contribution in [0.15, 0.2) is 12.7 Å². The molecule has 4 nitrogen and oxygen atoms in total. The molecule has 0 aromatic rings. The van der Waals surface area contributed by atoms with Crippen LogP contribution in [0.25, 0.3) is 0 Å². The summed E-state index contributed by atoms with van der Waals surface area (Å²) in [5.74, 6) is -3.54.